The van der Waals surface area contributed by atoms with Crippen LogP contribution in [0, 0.1) is 6.92 Å². The monoisotopic (exact) mass is 311 g/mol. The van der Waals surface area contributed by atoms with Crippen LogP contribution in [0.4, 0.5) is 0 Å². The van der Waals surface area contributed by atoms with Crippen LogP contribution in [0.5, 0.6) is 0 Å². The van der Waals surface area contributed by atoms with Crippen LogP contribution >= 0.6 is 0 Å². The number of nitrogens with zero attached hydrogens (tertiary/aromatic N) is 3. The fourth-order valence-corrected chi connectivity index (χ4v) is 3.18. The molecule has 2 aromatic rings. The van der Waals surface area contributed by atoms with Gasteiger partial charge in [-0.2, -0.15) is 5.10 Å². The SMILES string of the molecule is CCn1cc(S(=O)(=O)NCc2cnn(C)c2C)cc1CN. The van der Waals surface area contributed by atoms with Crippen LogP contribution in [0.15, 0.2) is 23.4 Å². The smallest absolute Gasteiger partial charge is 0.242 e. The molecule has 0 saturated carbocycles. The zero-order valence-electron chi connectivity index (χ0n) is 12.5. The van der Waals surface area contributed by atoms with Crippen LogP contribution in [-0.2, 0) is 36.7 Å². The maximum absolute atomic E-state index is 12.3. The van der Waals surface area contributed by atoms with E-state index >= 15 is 0 Å². The summed E-state index contributed by atoms with van der Waals surface area (Å²) in [5.74, 6) is 0. The number of nitrogens with one attached hydrogen (secondary N) is 1. The molecule has 8 heteroatoms. The molecule has 0 saturated heterocycles. The molecule has 7 nitrogen and oxygen atoms in total. The molecular formula is C13H21N5O2S. The fraction of sp³-hybridized carbons (Fsp3) is 0.462. The Kier molecular flexibility index (Phi) is 4.50. The van der Waals surface area contributed by atoms with E-state index in [1.807, 2.05) is 25.5 Å². The summed E-state index contributed by atoms with van der Waals surface area (Å²) in [6.45, 7) is 5.06. The summed E-state index contributed by atoms with van der Waals surface area (Å²) in [6, 6.07) is 1.61. The summed E-state index contributed by atoms with van der Waals surface area (Å²) in [4.78, 5) is 0.242. The summed E-state index contributed by atoms with van der Waals surface area (Å²) in [7, 11) is -1.73. The van der Waals surface area contributed by atoms with Crippen LogP contribution in [0.3, 0.4) is 0 Å². The lowest BCUT2D eigenvalue weighted by Gasteiger charge is -2.05. The normalized spacial score (nSPS) is 12.0. The van der Waals surface area contributed by atoms with Crippen molar-refractivity contribution in [2.75, 3.05) is 0 Å². The highest BCUT2D eigenvalue weighted by atomic mass is 32.2. The number of aromatic nitrogens is 3. The van der Waals surface area contributed by atoms with E-state index in [4.69, 9.17) is 5.73 Å². The largest absolute Gasteiger partial charge is 0.349 e. The second kappa shape index (κ2) is 6.00. The molecule has 0 spiro atoms. The summed E-state index contributed by atoms with van der Waals surface area (Å²) in [5, 5.41) is 4.10. The van der Waals surface area contributed by atoms with Crippen LogP contribution < -0.4 is 10.5 Å². The van der Waals surface area contributed by atoms with Gasteiger partial charge in [0.05, 0.1) is 11.1 Å². The van der Waals surface area contributed by atoms with E-state index in [-0.39, 0.29) is 11.4 Å². The Balaban J connectivity index is 2.18. The molecular weight excluding hydrogens is 290 g/mol. The molecule has 0 radical (unpaired) electrons. The summed E-state index contributed by atoms with van der Waals surface area (Å²) < 4.78 is 30.8. The first-order valence-electron chi connectivity index (χ1n) is 6.75. The van der Waals surface area contributed by atoms with Crippen LogP contribution in [-0.4, -0.2) is 22.8 Å². The van der Waals surface area contributed by atoms with Gasteiger partial charge >= 0.3 is 0 Å². The molecule has 0 aliphatic heterocycles. The Hall–Kier alpha value is -1.64. The summed E-state index contributed by atoms with van der Waals surface area (Å²) in [5.41, 5.74) is 8.22. The first-order valence-corrected chi connectivity index (χ1v) is 8.23. The predicted octanol–water partition coefficient (Wildman–Crippen LogP) is 0.487. The van der Waals surface area contributed by atoms with Crippen LogP contribution in [0.1, 0.15) is 23.9 Å². The molecule has 0 atom stereocenters. The highest BCUT2D eigenvalue weighted by molar-refractivity contribution is 7.89. The van der Waals surface area contributed by atoms with Crippen molar-refractivity contribution in [3.05, 3.63) is 35.4 Å². The van der Waals surface area contributed by atoms with Gasteiger partial charge in [-0.05, 0) is 19.9 Å². The molecule has 0 bridgehead atoms. The number of aryl methyl sites for hydroxylation is 2. The maximum atomic E-state index is 12.3. The summed E-state index contributed by atoms with van der Waals surface area (Å²) in [6.07, 6.45) is 3.28. The minimum Gasteiger partial charge on any atom is -0.349 e. The number of rotatable bonds is 6. The fourth-order valence-electron chi connectivity index (χ4n) is 2.11. The van der Waals surface area contributed by atoms with Gasteiger partial charge in [-0.25, -0.2) is 13.1 Å². The zero-order valence-corrected chi connectivity index (χ0v) is 13.3. The molecule has 21 heavy (non-hydrogen) atoms. The Bertz CT molecular complexity index is 708. The third-order valence-electron chi connectivity index (χ3n) is 3.61. The van der Waals surface area contributed by atoms with Gasteiger partial charge in [-0.15, -0.1) is 0 Å². The third-order valence-corrected chi connectivity index (χ3v) is 4.98. The van der Waals surface area contributed by atoms with E-state index in [1.54, 1.807) is 23.1 Å². The third kappa shape index (κ3) is 3.17. The van der Waals surface area contributed by atoms with Gasteiger partial charge in [-0.1, -0.05) is 0 Å². The highest BCUT2D eigenvalue weighted by Gasteiger charge is 2.18. The van der Waals surface area contributed by atoms with E-state index in [0.717, 1.165) is 17.0 Å². The second-order valence-electron chi connectivity index (χ2n) is 4.86. The Morgan fingerprint density at radius 2 is 2.14 bits per heavy atom. The second-order valence-corrected chi connectivity index (χ2v) is 6.63. The quantitative estimate of drug-likeness (QED) is 0.811. The number of hydrogen-bond acceptors (Lipinski definition) is 4. The minimum atomic E-state index is -3.55. The number of nitrogens with two attached hydrogens (primary N) is 1. The van der Waals surface area contributed by atoms with Crippen molar-refractivity contribution in [1.82, 2.24) is 19.1 Å². The van der Waals surface area contributed by atoms with Gasteiger partial charge < -0.3 is 10.3 Å². The zero-order chi connectivity index (χ0) is 15.6. The topological polar surface area (TPSA) is 94.9 Å². The van der Waals surface area contributed by atoms with E-state index in [9.17, 15) is 8.42 Å². The minimum absolute atomic E-state index is 0.220. The van der Waals surface area contributed by atoms with Gasteiger partial charge in [0.1, 0.15) is 0 Å². The first kappa shape index (κ1) is 15.7. The van der Waals surface area contributed by atoms with Gasteiger partial charge in [-0.3, -0.25) is 4.68 Å². The van der Waals surface area contributed by atoms with Crippen LogP contribution in [0.2, 0.25) is 0 Å². The van der Waals surface area contributed by atoms with Crippen molar-refractivity contribution >= 4 is 10.0 Å². The Labute approximate surface area is 124 Å². The molecule has 3 N–H and O–H groups in total. The van der Waals surface area contributed by atoms with Crippen molar-refractivity contribution in [1.29, 1.82) is 0 Å². The average Bonchev–Trinajstić information content (AvgIpc) is 3.02. The first-order chi connectivity index (χ1) is 9.89. The van der Waals surface area contributed by atoms with Crippen molar-refractivity contribution in [2.45, 2.75) is 38.4 Å². The predicted molar refractivity (Wildman–Crippen MR) is 80.0 cm³/mol. The Morgan fingerprint density at radius 3 is 2.62 bits per heavy atom. The van der Waals surface area contributed by atoms with Crippen molar-refractivity contribution in [3.63, 3.8) is 0 Å². The van der Waals surface area contributed by atoms with E-state index in [1.165, 1.54) is 0 Å². The molecule has 0 amide bonds. The van der Waals surface area contributed by atoms with E-state index in [2.05, 4.69) is 9.82 Å². The molecule has 2 rings (SSSR count). The van der Waals surface area contributed by atoms with Gasteiger partial charge in [0.25, 0.3) is 0 Å². The number of sulfonamides is 1. The molecule has 0 unspecified atom stereocenters. The van der Waals surface area contributed by atoms with Crippen molar-refractivity contribution in [3.8, 4) is 0 Å². The average molecular weight is 311 g/mol. The molecule has 0 aliphatic carbocycles. The van der Waals surface area contributed by atoms with E-state index < -0.39 is 10.0 Å². The van der Waals surface area contributed by atoms with Gasteiger partial charge in [0.15, 0.2) is 0 Å². The highest BCUT2D eigenvalue weighted by Crippen LogP contribution is 2.15. The molecule has 2 heterocycles. The van der Waals surface area contributed by atoms with E-state index in [0.29, 0.717) is 13.1 Å². The standard InChI is InChI=1S/C13H21N5O2S/c1-4-18-9-13(5-12(18)6-14)21(19,20)16-8-11-7-15-17(3)10(11)2/h5,7,9,16H,4,6,8,14H2,1-3H3. The maximum Gasteiger partial charge on any atom is 0.242 e. The summed E-state index contributed by atoms with van der Waals surface area (Å²) >= 11 is 0. The molecule has 0 fully saturated rings. The molecule has 116 valence electrons. The van der Waals surface area contributed by atoms with Crippen molar-refractivity contribution < 1.29 is 8.42 Å². The van der Waals surface area contributed by atoms with Gasteiger partial charge in [0.2, 0.25) is 10.0 Å². The lowest BCUT2D eigenvalue weighted by molar-refractivity contribution is 0.580. The lowest BCUT2D eigenvalue weighted by Crippen LogP contribution is -2.23. The molecule has 0 aliphatic rings. The lowest BCUT2D eigenvalue weighted by atomic mass is 10.3. The van der Waals surface area contributed by atoms with Crippen LogP contribution in [0.25, 0.3) is 0 Å². The van der Waals surface area contributed by atoms with Gasteiger partial charge in [0, 0.05) is 49.8 Å². The number of hydrogen-bond donors (Lipinski definition) is 2. The van der Waals surface area contributed by atoms with Crippen molar-refractivity contribution in [2.24, 2.45) is 12.8 Å². The Morgan fingerprint density at radius 1 is 1.43 bits per heavy atom. The molecule has 0 aromatic carbocycles. The molecule has 2 aromatic heterocycles.